The van der Waals surface area contributed by atoms with Crippen LogP contribution in [-0.2, 0) is 11.3 Å². The van der Waals surface area contributed by atoms with Gasteiger partial charge in [-0.1, -0.05) is 31.4 Å². The van der Waals surface area contributed by atoms with Crippen LogP contribution in [0.2, 0.25) is 0 Å². The van der Waals surface area contributed by atoms with E-state index in [9.17, 15) is 4.79 Å². The molecule has 1 saturated heterocycles. The van der Waals surface area contributed by atoms with Crippen molar-refractivity contribution in [2.45, 2.75) is 51.1 Å². The van der Waals surface area contributed by atoms with Crippen LogP contribution in [0.1, 0.15) is 44.1 Å². The van der Waals surface area contributed by atoms with Crippen molar-refractivity contribution < 1.29 is 19.0 Å². The van der Waals surface area contributed by atoms with Crippen molar-refractivity contribution in [3.8, 4) is 17.4 Å². The van der Waals surface area contributed by atoms with Crippen LogP contribution >= 0.6 is 0 Å². The smallest absolute Gasteiger partial charge is 0.260 e. The number of aromatic nitrogens is 2. The van der Waals surface area contributed by atoms with E-state index in [2.05, 4.69) is 20.0 Å². The number of carbonyl (C=O) groups is 1. The maximum atomic E-state index is 12.9. The first-order valence-corrected chi connectivity index (χ1v) is 13.2. The Morgan fingerprint density at radius 1 is 1.00 bits per heavy atom. The molecule has 3 heterocycles. The molecule has 1 aromatic heterocycles. The zero-order valence-corrected chi connectivity index (χ0v) is 21.2. The van der Waals surface area contributed by atoms with Gasteiger partial charge < -0.3 is 24.0 Å². The molecule has 2 aliphatic heterocycles. The van der Waals surface area contributed by atoms with Crippen molar-refractivity contribution in [1.29, 1.82) is 0 Å². The fourth-order valence-corrected chi connectivity index (χ4v) is 5.49. The number of rotatable bonds is 6. The Hall–Kier alpha value is -3.07. The molecular formula is C27H37N5O4. The Morgan fingerprint density at radius 2 is 1.83 bits per heavy atom. The summed E-state index contributed by atoms with van der Waals surface area (Å²) in [5, 5.41) is 8.62. The van der Waals surface area contributed by atoms with E-state index in [1.54, 1.807) is 12.0 Å². The average molecular weight is 496 g/mol. The SMILES string of the molecule is COc1cccc2c1OCCCN(C(=O)COc1ccc(N3CCN(C4CCCCC4)CC3)nn1)C2. The quantitative estimate of drug-likeness (QED) is 0.605. The van der Waals surface area contributed by atoms with Gasteiger partial charge in [0.25, 0.3) is 5.91 Å². The molecule has 0 atom stereocenters. The summed E-state index contributed by atoms with van der Waals surface area (Å²) in [4.78, 5) is 19.7. The highest BCUT2D eigenvalue weighted by Gasteiger charge is 2.26. The number of nitrogens with zero attached hydrogens (tertiary/aromatic N) is 5. The fourth-order valence-electron chi connectivity index (χ4n) is 5.49. The van der Waals surface area contributed by atoms with Crippen LogP contribution in [0.15, 0.2) is 30.3 Å². The maximum Gasteiger partial charge on any atom is 0.260 e. The van der Waals surface area contributed by atoms with Gasteiger partial charge in [-0.3, -0.25) is 9.69 Å². The van der Waals surface area contributed by atoms with Crippen molar-refractivity contribution in [2.75, 3.05) is 57.9 Å². The van der Waals surface area contributed by atoms with Gasteiger partial charge in [-0.2, -0.15) is 0 Å². The highest BCUT2D eigenvalue weighted by molar-refractivity contribution is 5.78. The van der Waals surface area contributed by atoms with Gasteiger partial charge in [0.2, 0.25) is 5.88 Å². The zero-order valence-electron chi connectivity index (χ0n) is 21.2. The molecule has 9 nitrogen and oxygen atoms in total. The first-order chi connectivity index (χ1) is 17.7. The first kappa shape index (κ1) is 24.6. The van der Waals surface area contributed by atoms with Gasteiger partial charge >= 0.3 is 0 Å². The molecule has 9 heteroatoms. The van der Waals surface area contributed by atoms with Gasteiger partial charge in [-0.05, 0) is 31.4 Å². The van der Waals surface area contributed by atoms with Gasteiger partial charge in [0.05, 0.1) is 13.7 Å². The number of fused-ring (bicyclic) bond motifs is 1. The van der Waals surface area contributed by atoms with E-state index in [1.165, 1.54) is 32.1 Å². The van der Waals surface area contributed by atoms with Crippen LogP contribution in [-0.4, -0.2) is 85.0 Å². The molecule has 36 heavy (non-hydrogen) atoms. The van der Waals surface area contributed by atoms with E-state index in [4.69, 9.17) is 14.2 Å². The molecule has 0 unspecified atom stereocenters. The molecule has 2 fully saturated rings. The standard InChI is InChI=1S/C27H37N5O4/c1-34-23-10-5-7-21-19-32(13-6-18-35-27(21)23)26(33)20-36-25-12-11-24(28-29-25)31-16-14-30(15-17-31)22-8-3-2-4-9-22/h5,7,10-12,22H,2-4,6,8-9,13-20H2,1H3. The number of carbonyl (C=O) groups excluding carboxylic acids is 1. The largest absolute Gasteiger partial charge is 0.493 e. The normalized spacial score (nSPS) is 19.6. The molecule has 2 aromatic rings. The number of anilines is 1. The summed E-state index contributed by atoms with van der Waals surface area (Å²) in [5.74, 6) is 2.54. The molecule has 0 radical (unpaired) electrons. The fraction of sp³-hybridized carbons (Fsp3) is 0.593. The summed E-state index contributed by atoms with van der Waals surface area (Å²) in [6, 6.07) is 10.3. The van der Waals surface area contributed by atoms with Gasteiger partial charge in [0, 0.05) is 56.9 Å². The van der Waals surface area contributed by atoms with E-state index < -0.39 is 0 Å². The number of piperazine rings is 1. The van der Waals surface area contributed by atoms with Crippen molar-refractivity contribution in [1.82, 2.24) is 20.0 Å². The third-order valence-electron chi connectivity index (χ3n) is 7.51. The van der Waals surface area contributed by atoms with Crippen LogP contribution in [0.4, 0.5) is 5.82 Å². The predicted molar refractivity (Wildman–Crippen MR) is 137 cm³/mol. The van der Waals surface area contributed by atoms with Gasteiger partial charge in [0.15, 0.2) is 23.9 Å². The number of benzene rings is 1. The molecule has 0 bridgehead atoms. The predicted octanol–water partition coefficient (Wildman–Crippen LogP) is 3.13. The number of methoxy groups -OCH3 is 1. The van der Waals surface area contributed by atoms with E-state index in [0.29, 0.717) is 37.1 Å². The first-order valence-electron chi connectivity index (χ1n) is 13.2. The van der Waals surface area contributed by atoms with Gasteiger partial charge in [-0.15, -0.1) is 10.2 Å². The third kappa shape index (κ3) is 5.83. The van der Waals surface area contributed by atoms with E-state index >= 15 is 0 Å². The van der Waals surface area contributed by atoms with Gasteiger partial charge in [-0.25, -0.2) is 0 Å². The minimum Gasteiger partial charge on any atom is -0.493 e. The minimum atomic E-state index is -0.0876. The Morgan fingerprint density at radius 3 is 2.58 bits per heavy atom. The topological polar surface area (TPSA) is 80.3 Å². The maximum absolute atomic E-state index is 12.9. The lowest BCUT2D eigenvalue weighted by molar-refractivity contribution is -0.134. The monoisotopic (exact) mass is 495 g/mol. The lowest BCUT2D eigenvalue weighted by Crippen LogP contribution is -2.51. The molecule has 5 rings (SSSR count). The second-order valence-electron chi connectivity index (χ2n) is 9.80. The lowest BCUT2D eigenvalue weighted by atomic mass is 9.94. The third-order valence-corrected chi connectivity index (χ3v) is 7.51. The summed E-state index contributed by atoms with van der Waals surface area (Å²) in [5.41, 5.74) is 0.926. The molecule has 194 valence electrons. The number of para-hydroxylation sites is 1. The van der Waals surface area contributed by atoms with E-state index in [-0.39, 0.29) is 12.5 Å². The Kier molecular flexibility index (Phi) is 8.05. The number of ether oxygens (including phenoxy) is 3. The Bertz CT molecular complexity index is 1000. The minimum absolute atomic E-state index is 0.0752. The number of hydrogen-bond acceptors (Lipinski definition) is 8. The summed E-state index contributed by atoms with van der Waals surface area (Å²) in [7, 11) is 1.62. The van der Waals surface area contributed by atoms with E-state index in [1.807, 2.05) is 30.3 Å². The Balaban J connectivity index is 1.12. The molecule has 3 aliphatic rings. The van der Waals surface area contributed by atoms with Crippen molar-refractivity contribution >= 4 is 11.7 Å². The van der Waals surface area contributed by atoms with Crippen LogP contribution in [0, 0.1) is 0 Å². The summed E-state index contributed by atoms with van der Waals surface area (Å²) in [6.45, 7) is 5.60. The average Bonchev–Trinajstić information content (AvgIpc) is 2.92. The molecule has 0 N–H and O–H groups in total. The molecule has 1 aliphatic carbocycles. The van der Waals surface area contributed by atoms with Crippen molar-refractivity contribution in [3.63, 3.8) is 0 Å². The van der Waals surface area contributed by atoms with Gasteiger partial charge in [0.1, 0.15) is 0 Å². The molecular weight excluding hydrogens is 458 g/mol. The number of hydrogen-bond donors (Lipinski definition) is 0. The highest BCUT2D eigenvalue weighted by atomic mass is 16.5. The van der Waals surface area contributed by atoms with Crippen LogP contribution in [0.3, 0.4) is 0 Å². The molecule has 1 amide bonds. The second kappa shape index (κ2) is 11.8. The van der Waals surface area contributed by atoms with Crippen LogP contribution < -0.4 is 19.1 Å². The Labute approximate surface area is 213 Å². The zero-order chi connectivity index (χ0) is 24.7. The molecule has 1 aromatic carbocycles. The van der Waals surface area contributed by atoms with Crippen molar-refractivity contribution in [3.05, 3.63) is 35.9 Å². The molecule has 1 saturated carbocycles. The van der Waals surface area contributed by atoms with Crippen LogP contribution in [0.5, 0.6) is 17.4 Å². The lowest BCUT2D eigenvalue weighted by Gasteiger charge is -2.41. The second-order valence-corrected chi connectivity index (χ2v) is 9.80. The summed E-state index contributed by atoms with van der Waals surface area (Å²) in [6.07, 6.45) is 7.56. The molecule has 0 spiro atoms. The number of amides is 1. The van der Waals surface area contributed by atoms with Crippen molar-refractivity contribution in [2.24, 2.45) is 0 Å². The van der Waals surface area contributed by atoms with Crippen LogP contribution in [0.25, 0.3) is 0 Å². The summed E-state index contributed by atoms with van der Waals surface area (Å²) >= 11 is 0. The van der Waals surface area contributed by atoms with E-state index in [0.717, 1.165) is 50.0 Å². The summed E-state index contributed by atoms with van der Waals surface area (Å²) < 4.78 is 17.0. The highest BCUT2D eigenvalue weighted by Crippen LogP contribution is 2.33.